The van der Waals surface area contributed by atoms with Crippen LogP contribution in [-0.2, 0) is 11.2 Å². The van der Waals surface area contributed by atoms with E-state index in [9.17, 15) is 9.59 Å². The number of rotatable bonds is 5. The molecule has 1 N–H and O–H groups in total. The van der Waals surface area contributed by atoms with Crippen LogP contribution in [0.3, 0.4) is 0 Å². The van der Waals surface area contributed by atoms with Gasteiger partial charge in [-0.25, -0.2) is 4.98 Å². The van der Waals surface area contributed by atoms with Crippen LogP contribution >= 0.6 is 11.3 Å². The van der Waals surface area contributed by atoms with Crippen molar-refractivity contribution >= 4 is 28.2 Å². The van der Waals surface area contributed by atoms with Crippen LogP contribution in [0.25, 0.3) is 11.1 Å². The molecule has 0 saturated heterocycles. The van der Waals surface area contributed by atoms with Crippen LogP contribution < -0.4 is 5.32 Å². The van der Waals surface area contributed by atoms with E-state index in [0.717, 1.165) is 22.6 Å². The zero-order valence-electron chi connectivity index (χ0n) is 15.3. The second-order valence-corrected chi connectivity index (χ2v) is 8.04. The molecule has 1 aliphatic carbocycles. The Morgan fingerprint density at radius 2 is 1.81 bits per heavy atom. The largest absolute Gasteiger partial charge is 0.302 e. The number of ketones is 1. The standard InChI is InChI=1S/C22H20N2O2S/c1-13-14(2)27-22(23-13)24-21(26)10-9-20(25)17-8-7-16-11-15-5-3-4-6-18(15)19(16)12-17/h3-8,12H,9-11H2,1-2H3,(H,23,24,26). The molecule has 1 aliphatic rings. The van der Waals surface area contributed by atoms with Gasteiger partial charge in [-0.3, -0.25) is 9.59 Å². The molecule has 136 valence electrons. The minimum Gasteiger partial charge on any atom is -0.302 e. The quantitative estimate of drug-likeness (QED) is 0.502. The monoisotopic (exact) mass is 376 g/mol. The number of fused-ring (bicyclic) bond motifs is 3. The zero-order chi connectivity index (χ0) is 19.0. The molecule has 0 bridgehead atoms. The van der Waals surface area contributed by atoms with Crippen LogP contribution in [0.5, 0.6) is 0 Å². The van der Waals surface area contributed by atoms with Gasteiger partial charge < -0.3 is 5.32 Å². The number of benzene rings is 2. The molecule has 5 heteroatoms. The lowest BCUT2D eigenvalue weighted by Gasteiger charge is -2.06. The van der Waals surface area contributed by atoms with Crippen LogP contribution in [0.4, 0.5) is 5.13 Å². The summed E-state index contributed by atoms with van der Waals surface area (Å²) in [5, 5.41) is 3.38. The van der Waals surface area contributed by atoms with Crippen molar-refractivity contribution < 1.29 is 9.59 Å². The summed E-state index contributed by atoms with van der Waals surface area (Å²) in [6.07, 6.45) is 1.26. The third-order valence-corrected chi connectivity index (χ3v) is 5.96. The van der Waals surface area contributed by atoms with Gasteiger partial charge in [0.15, 0.2) is 10.9 Å². The summed E-state index contributed by atoms with van der Waals surface area (Å²) in [5.74, 6) is -0.188. The number of aromatic nitrogens is 1. The lowest BCUT2D eigenvalue weighted by Crippen LogP contribution is -2.13. The Kier molecular flexibility index (Phi) is 4.62. The number of aryl methyl sites for hydroxylation is 2. The molecular formula is C22H20N2O2S. The molecule has 0 aliphatic heterocycles. The maximum Gasteiger partial charge on any atom is 0.226 e. The van der Waals surface area contributed by atoms with Crippen molar-refractivity contribution in [2.75, 3.05) is 5.32 Å². The van der Waals surface area contributed by atoms with Crippen molar-refractivity contribution in [3.63, 3.8) is 0 Å². The number of nitrogens with one attached hydrogen (secondary N) is 1. The number of amides is 1. The van der Waals surface area contributed by atoms with Crippen LogP contribution in [0.15, 0.2) is 42.5 Å². The highest BCUT2D eigenvalue weighted by atomic mass is 32.1. The molecule has 4 nitrogen and oxygen atoms in total. The first-order valence-electron chi connectivity index (χ1n) is 8.99. The Bertz CT molecular complexity index is 1030. The van der Waals surface area contributed by atoms with Gasteiger partial charge in [-0.2, -0.15) is 0 Å². The molecule has 27 heavy (non-hydrogen) atoms. The number of hydrogen-bond acceptors (Lipinski definition) is 4. The van der Waals surface area contributed by atoms with Gasteiger partial charge in [0.2, 0.25) is 5.91 Å². The van der Waals surface area contributed by atoms with Gasteiger partial charge in [-0.15, -0.1) is 11.3 Å². The maximum absolute atomic E-state index is 12.6. The molecule has 1 heterocycles. The van der Waals surface area contributed by atoms with E-state index in [1.54, 1.807) is 0 Å². The highest BCUT2D eigenvalue weighted by molar-refractivity contribution is 7.15. The van der Waals surface area contributed by atoms with Crippen LogP contribution in [-0.4, -0.2) is 16.7 Å². The van der Waals surface area contributed by atoms with E-state index >= 15 is 0 Å². The Labute approximate surface area is 162 Å². The summed E-state index contributed by atoms with van der Waals surface area (Å²) in [6, 6.07) is 14.2. The summed E-state index contributed by atoms with van der Waals surface area (Å²) in [5.41, 5.74) is 6.47. The van der Waals surface area contributed by atoms with E-state index in [2.05, 4.69) is 22.4 Å². The number of nitrogens with zero attached hydrogens (tertiary/aromatic N) is 1. The van der Waals surface area contributed by atoms with Crippen molar-refractivity contribution in [1.29, 1.82) is 0 Å². The first kappa shape index (κ1) is 17.6. The average Bonchev–Trinajstić information content (AvgIpc) is 3.18. The minimum absolute atomic E-state index is 0.0103. The lowest BCUT2D eigenvalue weighted by molar-refractivity contribution is -0.116. The number of carbonyl (C=O) groups excluding carboxylic acids is 2. The van der Waals surface area contributed by atoms with Crippen molar-refractivity contribution in [1.82, 2.24) is 4.98 Å². The smallest absolute Gasteiger partial charge is 0.226 e. The highest BCUT2D eigenvalue weighted by Crippen LogP contribution is 2.37. The number of Topliss-reactive ketones (excluding diaryl/α,β-unsaturated/α-hetero) is 1. The fourth-order valence-electron chi connectivity index (χ4n) is 3.38. The average molecular weight is 376 g/mol. The van der Waals surface area contributed by atoms with Gasteiger partial charge in [0, 0.05) is 23.3 Å². The van der Waals surface area contributed by atoms with Gasteiger partial charge in [0.05, 0.1) is 5.69 Å². The fraction of sp³-hybridized carbons (Fsp3) is 0.227. The third kappa shape index (κ3) is 3.55. The van der Waals surface area contributed by atoms with E-state index in [4.69, 9.17) is 0 Å². The molecule has 0 fully saturated rings. The van der Waals surface area contributed by atoms with E-state index in [0.29, 0.717) is 10.7 Å². The molecule has 3 aromatic rings. The van der Waals surface area contributed by atoms with Crippen LogP contribution in [0.2, 0.25) is 0 Å². The Hall–Kier alpha value is -2.79. The molecule has 0 atom stereocenters. The van der Waals surface area contributed by atoms with Gasteiger partial charge >= 0.3 is 0 Å². The van der Waals surface area contributed by atoms with E-state index in [1.165, 1.54) is 28.0 Å². The number of anilines is 1. The predicted molar refractivity (Wildman–Crippen MR) is 108 cm³/mol. The summed E-state index contributed by atoms with van der Waals surface area (Å²) in [4.78, 5) is 30.1. The van der Waals surface area contributed by atoms with Crippen LogP contribution in [0.1, 0.15) is 44.9 Å². The minimum atomic E-state index is -0.177. The van der Waals surface area contributed by atoms with E-state index in [1.807, 2.05) is 44.2 Å². The van der Waals surface area contributed by atoms with E-state index in [-0.39, 0.29) is 24.5 Å². The summed E-state index contributed by atoms with van der Waals surface area (Å²) < 4.78 is 0. The van der Waals surface area contributed by atoms with Gasteiger partial charge in [0.1, 0.15) is 0 Å². The Morgan fingerprint density at radius 3 is 2.59 bits per heavy atom. The normalized spacial score (nSPS) is 11.8. The maximum atomic E-state index is 12.6. The highest BCUT2D eigenvalue weighted by Gasteiger charge is 2.20. The van der Waals surface area contributed by atoms with Crippen LogP contribution in [0, 0.1) is 13.8 Å². The first-order chi connectivity index (χ1) is 13.0. The molecule has 0 unspecified atom stereocenters. The molecule has 0 saturated carbocycles. The van der Waals surface area contributed by atoms with Gasteiger partial charge in [-0.05, 0) is 48.6 Å². The Morgan fingerprint density at radius 1 is 1.04 bits per heavy atom. The second kappa shape index (κ2) is 7.08. The summed E-state index contributed by atoms with van der Waals surface area (Å²) >= 11 is 1.45. The second-order valence-electron chi connectivity index (χ2n) is 6.84. The summed E-state index contributed by atoms with van der Waals surface area (Å²) in [7, 11) is 0. The number of hydrogen-bond donors (Lipinski definition) is 1. The molecular weight excluding hydrogens is 356 g/mol. The van der Waals surface area contributed by atoms with Gasteiger partial charge in [0.25, 0.3) is 0 Å². The molecule has 0 spiro atoms. The molecule has 2 aromatic carbocycles. The van der Waals surface area contributed by atoms with Crippen molar-refractivity contribution in [3.05, 3.63) is 69.7 Å². The molecule has 0 radical (unpaired) electrons. The topological polar surface area (TPSA) is 59.1 Å². The van der Waals surface area contributed by atoms with Gasteiger partial charge in [-0.1, -0.05) is 36.4 Å². The fourth-order valence-corrected chi connectivity index (χ4v) is 4.21. The third-order valence-electron chi connectivity index (χ3n) is 4.97. The summed E-state index contributed by atoms with van der Waals surface area (Å²) in [6.45, 7) is 3.88. The molecule has 4 rings (SSSR count). The molecule has 1 amide bonds. The molecule has 1 aromatic heterocycles. The van der Waals surface area contributed by atoms with Crippen molar-refractivity contribution in [2.45, 2.75) is 33.1 Å². The van der Waals surface area contributed by atoms with Crippen molar-refractivity contribution in [2.24, 2.45) is 0 Å². The predicted octanol–water partition coefficient (Wildman–Crippen LogP) is 4.93. The number of thiazole rings is 1. The van der Waals surface area contributed by atoms with Crippen molar-refractivity contribution in [3.8, 4) is 11.1 Å². The first-order valence-corrected chi connectivity index (χ1v) is 9.81. The SMILES string of the molecule is Cc1nc(NC(=O)CCC(=O)c2ccc3c(c2)-c2ccccc2C3)sc1C. The Balaban J connectivity index is 1.42. The lowest BCUT2D eigenvalue weighted by atomic mass is 9.99. The van der Waals surface area contributed by atoms with E-state index < -0.39 is 0 Å². The zero-order valence-corrected chi connectivity index (χ0v) is 16.2. The number of carbonyl (C=O) groups is 2.